The zero-order chi connectivity index (χ0) is 24.0. The Balaban J connectivity index is 1.53. The summed E-state index contributed by atoms with van der Waals surface area (Å²) in [5.41, 5.74) is 1.47. The van der Waals surface area contributed by atoms with Crippen LogP contribution in [0.15, 0.2) is 48.7 Å². The Kier molecular flexibility index (Phi) is 5.53. The van der Waals surface area contributed by atoms with Gasteiger partial charge in [-0.25, -0.2) is 4.98 Å². The van der Waals surface area contributed by atoms with Crippen LogP contribution in [0.1, 0.15) is 34.7 Å². The van der Waals surface area contributed by atoms with Gasteiger partial charge in [-0.2, -0.15) is 0 Å². The van der Waals surface area contributed by atoms with Crippen LogP contribution in [-0.4, -0.2) is 32.6 Å². The van der Waals surface area contributed by atoms with E-state index in [0.717, 1.165) is 28.2 Å². The van der Waals surface area contributed by atoms with Crippen molar-refractivity contribution in [2.75, 3.05) is 11.9 Å². The minimum absolute atomic E-state index is 0.101. The van der Waals surface area contributed by atoms with Crippen molar-refractivity contribution in [3.05, 3.63) is 65.6 Å². The minimum Gasteiger partial charge on any atom is -0.420 e. The van der Waals surface area contributed by atoms with E-state index >= 15 is 0 Å². The third kappa shape index (κ3) is 4.24. The molecule has 3 heterocycles. The van der Waals surface area contributed by atoms with Crippen LogP contribution in [-0.2, 0) is 11.3 Å². The van der Waals surface area contributed by atoms with Gasteiger partial charge in [-0.3, -0.25) is 4.79 Å². The molecule has 4 aromatic rings. The summed E-state index contributed by atoms with van der Waals surface area (Å²) < 4.78 is 37.8. The number of benzene rings is 2. The lowest BCUT2D eigenvalue weighted by molar-refractivity contribution is -0.0964. The monoisotopic (exact) mass is 486 g/mol. The lowest BCUT2D eigenvalue weighted by atomic mass is 10.0. The number of rotatable bonds is 5. The van der Waals surface area contributed by atoms with Gasteiger partial charge >= 0.3 is 5.57 Å². The van der Waals surface area contributed by atoms with Gasteiger partial charge in [0.15, 0.2) is 0 Å². The highest BCUT2D eigenvalue weighted by molar-refractivity contribution is 6.20. The van der Waals surface area contributed by atoms with Gasteiger partial charge < -0.3 is 24.3 Å². The minimum atomic E-state index is -3.81. The molecule has 2 aromatic carbocycles. The largest absolute Gasteiger partial charge is 0.487 e. The highest BCUT2D eigenvalue weighted by atomic mass is 35.5. The fourth-order valence-corrected chi connectivity index (χ4v) is 4.34. The Bertz CT molecular complexity index is 1380. The van der Waals surface area contributed by atoms with Crippen LogP contribution >= 0.6 is 11.6 Å². The molecule has 2 aromatic heterocycles. The van der Waals surface area contributed by atoms with Crippen molar-refractivity contribution in [3.63, 3.8) is 0 Å². The Labute approximate surface area is 198 Å². The number of hydrogen-bond acceptors (Lipinski definition) is 4. The number of nitrogens with one attached hydrogen (secondary N) is 2. The van der Waals surface area contributed by atoms with Crippen LogP contribution in [0.25, 0.3) is 22.3 Å². The van der Waals surface area contributed by atoms with Crippen LogP contribution in [0.4, 0.5) is 14.5 Å². The van der Waals surface area contributed by atoms with E-state index in [9.17, 15) is 13.6 Å². The molecule has 1 aliphatic heterocycles. The smallest absolute Gasteiger partial charge is 0.420 e. The molecule has 10 heteroatoms. The Morgan fingerprint density at radius 2 is 2.06 bits per heavy atom. The molecule has 0 fully saturated rings. The number of carbonyl (C=O) groups is 1. The van der Waals surface area contributed by atoms with Crippen molar-refractivity contribution < 1.29 is 23.0 Å². The number of aromatic amines is 1. The van der Waals surface area contributed by atoms with E-state index in [4.69, 9.17) is 21.3 Å². The maximum Gasteiger partial charge on any atom is 0.487 e. The van der Waals surface area contributed by atoms with E-state index in [1.165, 1.54) is 24.3 Å². The van der Waals surface area contributed by atoms with Gasteiger partial charge in [-0.05, 0) is 61.9 Å². The van der Waals surface area contributed by atoms with E-state index in [1.54, 1.807) is 6.07 Å². The number of alkyl halides is 3. The summed E-state index contributed by atoms with van der Waals surface area (Å²) in [4.78, 5) is 21.2. The second-order valence-corrected chi connectivity index (χ2v) is 8.66. The number of aromatic nitrogens is 3. The quantitative estimate of drug-likeness (QED) is 0.347. The summed E-state index contributed by atoms with van der Waals surface area (Å²) in [6, 6.07) is 11.2. The third-order valence-electron chi connectivity index (χ3n) is 5.72. The molecule has 34 heavy (non-hydrogen) atoms. The maximum absolute atomic E-state index is 13.1. The number of hydrogen-bond donors (Lipinski definition) is 2. The molecule has 0 aliphatic carbocycles. The number of H-pyrrole nitrogens is 1. The molecule has 176 valence electrons. The number of nitrogens with zero attached hydrogens (tertiary/aromatic N) is 2. The standard InChI is InChI=1S/C24H21ClF2N4O3/c1-13-7-8-28-21(13)18-9-15(10-19-22(18)31-14(2)11-33-12-20(31)30-19)23(32)29-16-3-5-17(6-4-16)34-24(25,26)27/h3-10,14,28H,11-12H2,1-2H3,(H,29,32)/t14-/m1/s1. The van der Waals surface area contributed by atoms with E-state index in [1.807, 2.05) is 25.3 Å². The predicted molar refractivity (Wildman–Crippen MR) is 124 cm³/mol. The van der Waals surface area contributed by atoms with Crippen molar-refractivity contribution in [3.8, 4) is 17.0 Å². The highest BCUT2D eigenvalue weighted by Gasteiger charge is 2.28. The zero-order valence-electron chi connectivity index (χ0n) is 18.4. The second-order valence-electron chi connectivity index (χ2n) is 8.22. The average molecular weight is 487 g/mol. The summed E-state index contributed by atoms with van der Waals surface area (Å²) in [5.74, 6) is 0.325. The first-order valence-electron chi connectivity index (χ1n) is 10.6. The molecule has 1 amide bonds. The number of fused-ring (bicyclic) bond motifs is 3. The highest BCUT2D eigenvalue weighted by Crippen LogP contribution is 2.36. The van der Waals surface area contributed by atoms with E-state index < -0.39 is 5.57 Å². The molecule has 1 aliphatic rings. The van der Waals surface area contributed by atoms with Crippen LogP contribution in [0.5, 0.6) is 5.75 Å². The Morgan fingerprint density at radius 3 is 2.74 bits per heavy atom. The number of amides is 1. The fourth-order valence-electron chi connectivity index (χ4n) is 4.25. The van der Waals surface area contributed by atoms with Gasteiger partial charge in [-0.1, -0.05) is 0 Å². The maximum atomic E-state index is 13.1. The summed E-state index contributed by atoms with van der Waals surface area (Å²) >= 11 is 4.79. The molecule has 0 unspecified atom stereocenters. The molecule has 0 bridgehead atoms. The summed E-state index contributed by atoms with van der Waals surface area (Å²) in [6.45, 7) is 5.06. The molecule has 0 spiro atoms. The van der Waals surface area contributed by atoms with E-state index in [2.05, 4.69) is 26.5 Å². The molecule has 5 rings (SSSR count). The van der Waals surface area contributed by atoms with E-state index in [-0.39, 0.29) is 17.7 Å². The van der Waals surface area contributed by atoms with Crippen molar-refractivity contribution in [2.24, 2.45) is 0 Å². The third-order valence-corrected chi connectivity index (χ3v) is 5.80. The zero-order valence-corrected chi connectivity index (χ0v) is 19.1. The molecule has 0 radical (unpaired) electrons. The van der Waals surface area contributed by atoms with Crippen molar-refractivity contribution in [1.82, 2.24) is 14.5 Å². The van der Waals surface area contributed by atoms with Gasteiger partial charge in [0, 0.05) is 34.6 Å². The lowest BCUT2D eigenvalue weighted by Crippen LogP contribution is -2.21. The first-order valence-corrected chi connectivity index (χ1v) is 11.0. The number of imidazole rings is 1. The molecule has 2 N–H and O–H groups in total. The van der Waals surface area contributed by atoms with E-state index in [0.29, 0.717) is 30.0 Å². The van der Waals surface area contributed by atoms with Crippen LogP contribution in [0.2, 0.25) is 0 Å². The number of aryl methyl sites for hydroxylation is 1. The normalized spacial score (nSPS) is 15.9. The molecule has 0 saturated carbocycles. The molecule has 0 saturated heterocycles. The van der Waals surface area contributed by atoms with Gasteiger partial charge in [-0.15, -0.1) is 8.78 Å². The second kappa shape index (κ2) is 8.41. The van der Waals surface area contributed by atoms with Crippen LogP contribution < -0.4 is 10.1 Å². The van der Waals surface area contributed by atoms with Crippen LogP contribution in [0, 0.1) is 6.92 Å². The number of anilines is 1. The van der Waals surface area contributed by atoms with Gasteiger partial charge in [0.25, 0.3) is 5.91 Å². The molecule has 7 nitrogen and oxygen atoms in total. The van der Waals surface area contributed by atoms with Crippen molar-refractivity contribution in [2.45, 2.75) is 32.1 Å². The van der Waals surface area contributed by atoms with Crippen LogP contribution in [0.3, 0.4) is 0 Å². The summed E-state index contributed by atoms with van der Waals surface area (Å²) in [5, 5.41) is 2.79. The average Bonchev–Trinajstić information content (AvgIpc) is 3.37. The number of carbonyl (C=O) groups excluding carboxylic acids is 1. The summed E-state index contributed by atoms with van der Waals surface area (Å²) in [7, 11) is 0. The molecule has 1 atom stereocenters. The SMILES string of the molecule is Cc1cc[nH]c1-c1cc(C(=O)Nc2ccc(OC(F)(F)Cl)cc2)cc2nc3n(c12)[C@H](C)COC3. The first kappa shape index (κ1) is 22.4. The lowest BCUT2D eigenvalue weighted by Gasteiger charge is -2.23. The van der Waals surface area contributed by atoms with Crippen molar-refractivity contribution >= 4 is 34.2 Å². The number of ether oxygens (including phenoxy) is 2. The predicted octanol–water partition coefficient (Wildman–Crippen LogP) is 5.85. The summed E-state index contributed by atoms with van der Waals surface area (Å²) in [6.07, 6.45) is 1.86. The molecular weight excluding hydrogens is 466 g/mol. The first-order chi connectivity index (χ1) is 16.2. The van der Waals surface area contributed by atoms with Crippen molar-refractivity contribution in [1.29, 1.82) is 0 Å². The number of halogens is 3. The van der Waals surface area contributed by atoms with Gasteiger partial charge in [0.2, 0.25) is 0 Å². The van der Waals surface area contributed by atoms with Gasteiger partial charge in [0.05, 0.1) is 29.4 Å². The molecular formula is C24H21ClF2N4O3. The van der Waals surface area contributed by atoms with Gasteiger partial charge in [0.1, 0.15) is 18.2 Å². The Hall–Kier alpha value is -3.43. The Morgan fingerprint density at radius 1 is 1.29 bits per heavy atom. The fraction of sp³-hybridized carbons (Fsp3) is 0.250. The topological polar surface area (TPSA) is 81.2 Å².